The zero-order chi connectivity index (χ0) is 23.6. The number of alkyl halides is 1. The highest BCUT2D eigenvalue weighted by atomic mass is 32.2. The van der Waals surface area contributed by atoms with Gasteiger partial charge in [-0.15, -0.1) is 5.10 Å². The van der Waals surface area contributed by atoms with E-state index in [4.69, 9.17) is 4.74 Å². The number of carbonyl (C=O) groups excluding carboxylic acids is 1. The molecule has 3 heterocycles. The number of nitrogens with zero attached hydrogens (tertiary/aromatic N) is 4. The van der Waals surface area contributed by atoms with Gasteiger partial charge in [0.25, 0.3) is 0 Å². The fraction of sp³-hybridized carbons (Fsp3) is 0.545. The molecule has 1 aromatic heterocycles. The minimum absolute atomic E-state index is 0.0127. The van der Waals surface area contributed by atoms with E-state index in [-0.39, 0.29) is 18.0 Å². The molecule has 2 fully saturated rings. The smallest absolute Gasteiger partial charge is 0.344 e. The second-order valence-electron chi connectivity index (χ2n) is 8.72. The number of aromatic nitrogens is 2. The van der Waals surface area contributed by atoms with Crippen LogP contribution >= 0.6 is 0 Å². The summed E-state index contributed by atoms with van der Waals surface area (Å²) in [5, 5.41) is 4.00. The van der Waals surface area contributed by atoms with Crippen LogP contribution in [0.2, 0.25) is 0 Å². The topological polar surface area (TPSA) is 96.8 Å². The Morgan fingerprint density at radius 1 is 1.12 bits per heavy atom. The molecule has 0 bridgehead atoms. The first kappa shape index (κ1) is 23.3. The molecule has 1 amide bonds. The maximum Gasteiger partial charge on any atom is 0.344 e. The highest BCUT2D eigenvalue weighted by Gasteiger charge is 2.26. The van der Waals surface area contributed by atoms with E-state index in [1.165, 1.54) is 12.3 Å². The molecule has 180 valence electrons. The van der Waals surface area contributed by atoms with Gasteiger partial charge in [-0.1, -0.05) is 6.07 Å². The van der Waals surface area contributed by atoms with Gasteiger partial charge in [-0.2, -0.15) is 4.68 Å². The van der Waals surface area contributed by atoms with Gasteiger partial charge >= 0.3 is 6.03 Å². The molecule has 1 aromatic carbocycles. The summed E-state index contributed by atoms with van der Waals surface area (Å²) in [4.78, 5) is 16.6. The third kappa shape index (κ3) is 5.95. The van der Waals surface area contributed by atoms with Crippen LogP contribution in [-0.4, -0.2) is 73.8 Å². The van der Waals surface area contributed by atoms with E-state index in [1.807, 2.05) is 18.2 Å². The van der Waals surface area contributed by atoms with Crippen LogP contribution in [0.25, 0.3) is 0 Å². The largest absolute Gasteiger partial charge is 0.490 e. The number of ether oxygens (including phenoxy) is 1. The maximum absolute atomic E-state index is 13.5. The molecule has 9 nitrogen and oxygen atoms in total. The lowest BCUT2D eigenvalue weighted by Crippen LogP contribution is -2.43. The summed E-state index contributed by atoms with van der Waals surface area (Å²) < 4.78 is 45.8. The average molecular weight is 480 g/mol. The standard InChI is InChI=1S/C22H30FN5O4S/c1-16-3-4-19(15-20(16)26-10-5-17(23)6-11-26)32-18-7-12-27(13-8-18)22(29)28-14-9-21(24-28)25-33(2,30)31/h3-4,9,14-15,17-18H,5-8,10-13H2,1-2H3,(H,24,25). The predicted octanol–water partition coefficient (Wildman–Crippen LogP) is 3.01. The van der Waals surface area contributed by atoms with Crippen LogP contribution in [0.4, 0.5) is 20.7 Å². The van der Waals surface area contributed by atoms with Crippen molar-refractivity contribution in [1.29, 1.82) is 0 Å². The molecule has 1 N–H and O–H groups in total. The highest BCUT2D eigenvalue weighted by molar-refractivity contribution is 7.92. The number of amides is 1. The van der Waals surface area contributed by atoms with Gasteiger partial charge in [-0.25, -0.2) is 17.6 Å². The molecule has 0 spiro atoms. The molecule has 4 rings (SSSR count). The van der Waals surface area contributed by atoms with Gasteiger partial charge in [-0.3, -0.25) is 4.72 Å². The van der Waals surface area contributed by atoms with Crippen LogP contribution in [0, 0.1) is 6.92 Å². The van der Waals surface area contributed by atoms with Gasteiger partial charge in [-0.05, 0) is 31.4 Å². The number of aryl methyl sites for hydroxylation is 1. The van der Waals surface area contributed by atoms with Crippen LogP contribution in [0.3, 0.4) is 0 Å². The van der Waals surface area contributed by atoms with Gasteiger partial charge in [0.15, 0.2) is 5.82 Å². The van der Waals surface area contributed by atoms with Crippen molar-refractivity contribution in [3.63, 3.8) is 0 Å². The number of anilines is 2. The Hall–Kier alpha value is -2.82. The zero-order valence-corrected chi connectivity index (χ0v) is 19.7. The number of halogens is 1. The Morgan fingerprint density at radius 3 is 2.48 bits per heavy atom. The van der Waals surface area contributed by atoms with Gasteiger partial charge < -0.3 is 14.5 Å². The number of nitrogens with one attached hydrogen (secondary N) is 1. The minimum Gasteiger partial charge on any atom is -0.490 e. The van der Waals surface area contributed by atoms with E-state index in [9.17, 15) is 17.6 Å². The Bertz CT molecular complexity index is 1090. The maximum atomic E-state index is 13.5. The van der Waals surface area contributed by atoms with Crippen molar-refractivity contribution in [2.45, 2.75) is 44.9 Å². The van der Waals surface area contributed by atoms with Crippen molar-refractivity contribution >= 4 is 27.6 Å². The summed E-state index contributed by atoms with van der Waals surface area (Å²) in [7, 11) is -3.45. The van der Waals surface area contributed by atoms with Gasteiger partial charge in [0.05, 0.1) is 6.26 Å². The fourth-order valence-electron chi connectivity index (χ4n) is 4.27. The number of likely N-dealkylation sites (tertiary alicyclic amines) is 1. The lowest BCUT2D eigenvalue weighted by atomic mass is 10.1. The monoisotopic (exact) mass is 479 g/mol. The molecule has 0 unspecified atom stereocenters. The molecule has 0 radical (unpaired) electrons. The second-order valence-corrected chi connectivity index (χ2v) is 10.5. The third-order valence-electron chi connectivity index (χ3n) is 6.04. The van der Waals surface area contributed by atoms with E-state index >= 15 is 0 Å². The molecule has 0 atom stereocenters. The first-order chi connectivity index (χ1) is 15.7. The van der Waals surface area contributed by atoms with E-state index in [0.717, 1.165) is 27.9 Å². The SMILES string of the molecule is Cc1ccc(OC2CCN(C(=O)n3ccc(NS(C)(=O)=O)n3)CC2)cc1N1CCC(F)CC1. The van der Waals surface area contributed by atoms with Crippen molar-refractivity contribution in [1.82, 2.24) is 14.7 Å². The van der Waals surface area contributed by atoms with Crippen molar-refractivity contribution in [3.8, 4) is 5.75 Å². The molecule has 2 saturated heterocycles. The van der Waals surface area contributed by atoms with Gasteiger partial charge in [0.2, 0.25) is 10.0 Å². The predicted molar refractivity (Wildman–Crippen MR) is 124 cm³/mol. The number of sulfonamides is 1. The molecule has 0 aliphatic carbocycles. The van der Waals surface area contributed by atoms with Crippen LogP contribution in [-0.2, 0) is 10.0 Å². The van der Waals surface area contributed by atoms with Crippen LogP contribution in [0.15, 0.2) is 30.5 Å². The van der Waals surface area contributed by atoms with E-state index in [0.29, 0.717) is 51.9 Å². The normalized spacial score (nSPS) is 18.4. The molecule has 33 heavy (non-hydrogen) atoms. The Labute approximate surface area is 193 Å². The number of hydrogen-bond donors (Lipinski definition) is 1. The number of benzene rings is 1. The van der Waals surface area contributed by atoms with E-state index in [2.05, 4.69) is 21.6 Å². The lowest BCUT2D eigenvalue weighted by molar-refractivity contribution is 0.110. The third-order valence-corrected chi connectivity index (χ3v) is 6.62. The van der Waals surface area contributed by atoms with Gasteiger partial charge in [0, 0.05) is 63.0 Å². The Kier molecular flexibility index (Phi) is 6.78. The molecular weight excluding hydrogens is 449 g/mol. The first-order valence-electron chi connectivity index (χ1n) is 11.2. The first-order valence-corrected chi connectivity index (χ1v) is 13.1. The van der Waals surface area contributed by atoms with Crippen LogP contribution in [0.1, 0.15) is 31.2 Å². The van der Waals surface area contributed by atoms with Crippen LogP contribution < -0.4 is 14.4 Å². The average Bonchev–Trinajstić information content (AvgIpc) is 3.22. The van der Waals surface area contributed by atoms with Gasteiger partial charge in [0.1, 0.15) is 18.0 Å². The molecule has 11 heteroatoms. The summed E-state index contributed by atoms with van der Waals surface area (Å²) in [6.45, 7) is 4.50. The summed E-state index contributed by atoms with van der Waals surface area (Å²) >= 11 is 0. The number of carbonyl (C=O) groups is 1. The quantitative estimate of drug-likeness (QED) is 0.708. The summed E-state index contributed by atoms with van der Waals surface area (Å²) in [6, 6.07) is 7.16. The second kappa shape index (κ2) is 9.58. The van der Waals surface area contributed by atoms with Crippen molar-refractivity contribution in [3.05, 3.63) is 36.0 Å². The molecule has 2 aliphatic heterocycles. The molecule has 0 saturated carbocycles. The fourth-order valence-corrected chi connectivity index (χ4v) is 4.76. The number of rotatable bonds is 5. The summed E-state index contributed by atoms with van der Waals surface area (Å²) in [5.74, 6) is 0.890. The lowest BCUT2D eigenvalue weighted by Gasteiger charge is -2.33. The molecule has 2 aromatic rings. The highest BCUT2D eigenvalue weighted by Crippen LogP contribution is 2.30. The number of piperidine rings is 2. The Balaban J connectivity index is 1.32. The zero-order valence-electron chi connectivity index (χ0n) is 18.9. The number of hydrogen-bond acceptors (Lipinski definition) is 6. The van der Waals surface area contributed by atoms with Crippen molar-refractivity contribution < 1.29 is 22.3 Å². The van der Waals surface area contributed by atoms with Crippen LogP contribution in [0.5, 0.6) is 5.75 Å². The molecule has 2 aliphatic rings. The van der Waals surface area contributed by atoms with E-state index in [1.54, 1.807) is 4.90 Å². The van der Waals surface area contributed by atoms with E-state index < -0.39 is 16.2 Å². The molecular formula is C22H30FN5O4S. The Morgan fingerprint density at radius 2 is 1.82 bits per heavy atom. The van der Waals surface area contributed by atoms with Crippen molar-refractivity contribution in [2.24, 2.45) is 0 Å². The summed E-state index contributed by atoms with van der Waals surface area (Å²) in [5.41, 5.74) is 2.23. The minimum atomic E-state index is -3.45. The summed E-state index contributed by atoms with van der Waals surface area (Å²) in [6.07, 6.45) is 4.22. The van der Waals surface area contributed by atoms with Crippen molar-refractivity contribution in [2.75, 3.05) is 42.1 Å².